The topological polar surface area (TPSA) is 66.5 Å². The molecule has 2 rings (SSSR count). The fourth-order valence-corrected chi connectivity index (χ4v) is 1.72. The van der Waals surface area contributed by atoms with E-state index in [0.717, 1.165) is 5.52 Å². The fourth-order valence-electron chi connectivity index (χ4n) is 1.55. The first kappa shape index (κ1) is 11.4. The van der Waals surface area contributed by atoms with Crippen molar-refractivity contribution in [3.8, 4) is 0 Å². The molecule has 16 heavy (non-hydrogen) atoms. The molecule has 4 nitrogen and oxygen atoms in total. The molecule has 0 radical (unpaired) electrons. The van der Waals surface area contributed by atoms with Crippen LogP contribution in [0.5, 0.6) is 0 Å². The Bertz CT molecular complexity index is 497. The van der Waals surface area contributed by atoms with Gasteiger partial charge in [0.1, 0.15) is 11.6 Å². The highest BCUT2D eigenvalue weighted by Crippen LogP contribution is 2.23. The summed E-state index contributed by atoms with van der Waals surface area (Å²) in [4.78, 5) is 4.14. The molecule has 0 bridgehead atoms. The quantitative estimate of drug-likeness (QED) is 0.804. The minimum atomic E-state index is -1.01. The van der Waals surface area contributed by atoms with E-state index in [4.69, 9.17) is 16.0 Å². The zero-order valence-corrected chi connectivity index (χ0v) is 9.48. The Morgan fingerprint density at radius 3 is 2.88 bits per heavy atom. The number of aromatic nitrogens is 1. The van der Waals surface area contributed by atoms with Crippen LogP contribution in [0.1, 0.15) is 17.6 Å². The van der Waals surface area contributed by atoms with E-state index in [-0.39, 0.29) is 5.88 Å². The molecule has 0 saturated carbocycles. The van der Waals surface area contributed by atoms with Crippen molar-refractivity contribution in [2.24, 2.45) is 0 Å². The van der Waals surface area contributed by atoms with Crippen molar-refractivity contribution in [3.63, 3.8) is 0 Å². The lowest BCUT2D eigenvalue weighted by molar-refractivity contribution is 0.0327. The average molecular weight is 242 g/mol. The molecule has 0 aliphatic carbocycles. The van der Waals surface area contributed by atoms with Gasteiger partial charge in [0.05, 0.1) is 12.0 Å². The number of aliphatic hydroxyl groups excluding tert-OH is 2. The van der Waals surface area contributed by atoms with Crippen molar-refractivity contribution in [1.82, 2.24) is 4.98 Å². The second-order valence-corrected chi connectivity index (χ2v) is 3.94. The third kappa shape index (κ3) is 2.04. The molecule has 0 spiro atoms. The molecule has 1 heterocycles. The van der Waals surface area contributed by atoms with E-state index in [9.17, 15) is 10.2 Å². The van der Waals surface area contributed by atoms with Gasteiger partial charge < -0.3 is 14.6 Å². The number of nitrogens with zero attached hydrogens (tertiary/aromatic N) is 1. The molecule has 2 aromatic rings. The van der Waals surface area contributed by atoms with Gasteiger partial charge in [0.25, 0.3) is 0 Å². The van der Waals surface area contributed by atoms with E-state index >= 15 is 0 Å². The summed E-state index contributed by atoms with van der Waals surface area (Å²) in [5.41, 5.74) is 1.89. The van der Waals surface area contributed by atoms with Crippen molar-refractivity contribution >= 4 is 22.7 Å². The number of hydrogen-bond acceptors (Lipinski definition) is 4. The van der Waals surface area contributed by atoms with Gasteiger partial charge in [0.15, 0.2) is 11.5 Å². The number of alkyl halides is 1. The molecule has 0 aliphatic rings. The van der Waals surface area contributed by atoms with Crippen molar-refractivity contribution in [1.29, 1.82) is 0 Å². The summed E-state index contributed by atoms with van der Waals surface area (Å²) in [7, 11) is 0. The number of hydrogen-bond donors (Lipinski definition) is 2. The normalized spacial score (nSPS) is 15.2. The van der Waals surface area contributed by atoms with E-state index in [1.165, 1.54) is 0 Å². The Balaban J connectivity index is 2.38. The summed E-state index contributed by atoms with van der Waals surface area (Å²) in [5, 5.41) is 19.2. The van der Waals surface area contributed by atoms with Crippen LogP contribution in [0.25, 0.3) is 11.1 Å². The second-order valence-electron chi connectivity index (χ2n) is 3.63. The van der Waals surface area contributed by atoms with Crippen LogP contribution in [0.3, 0.4) is 0 Å². The lowest BCUT2D eigenvalue weighted by atomic mass is 10.1. The third-order valence-electron chi connectivity index (χ3n) is 2.38. The van der Waals surface area contributed by atoms with Gasteiger partial charge in [0.2, 0.25) is 0 Å². The Morgan fingerprint density at radius 1 is 1.44 bits per heavy atom. The van der Waals surface area contributed by atoms with E-state index in [0.29, 0.717) is 17.0 Å². The molecule has 2 atom stereocenters. The van der Waals surface area contributed by atoms with Gasteiger partial charge in [0, 0.05) is 6.92 Å². The van der Waals surface area contributed by atoms with Crippen LogP contribution in [-0.2, 0) is 0 Å². The molecular formula is C11H12ClNO3. The first-order valence-electron chi connectivity index (χ1n) is 4.91. The predicted molar refractivity (Wildman–Crippen MR) is 60.4 cm³/mol. The summed E-state index contributed by atoms with van der Waals surface area (Å²) in [6.45, 7) is 1.75. The molecule has 1 aromatic carbocycles. The van der Waals surface area contributed by atoms with Crippen LogP contribution >= 0.6 is 11.6 Å². The van der Waals surface area contributed by atoms with Crippen LogP contribution < -0.4 is 0 Å². The largest absolute Gasteiger partial charge is 0.441 e. The summed E-state index contributed by atoms with van der Waals surface area (Å²) >= 11 is 5.47. The van der Waals surface area contributed by atoms with Crippen molar-refractivity contribution in [2.75, 3.05) is 5.88 Å². The third-order valence-corrected chi connectivity index (χ3v) is 2.70. The zero-order valence-electron chi connectivity index (χ0n) is 8.72. The lowest BCUT2D eigenvalue weighted by Gasteiger charge is -2.15. The van der Waals surface area contributed by atoms with Crippen molar-refractivity contribution in [3.05, 3.63) is 29.7 Å². The fraction of sp³-hybridized carbons (Fsp3) is 0.364. The highest BCUT2D eigenvalue weighted by atomic mass is 35.5. The smallest absolute Gasteiger partial charge is 0.192 e. The minimum Gasteiger partial charge on any atom is -0.441 e. The van der Waals surface area contributed by atoms with E-state index in [1.807, 2.05) is 0 Å². The molecule has 2 unspecified atom stereocenters. The Hall–Kier alpha value is -1.10. The van der Waals surface area contributed by atoms with Crippen LogP contribution in [0.4, 0.5) is 0 Å². The summed E-state index contributed by atoms with van der Waals surface area (Å²) in [6.07, 6.45) is -1.99. The number of fused-ring (bicyclic) bond motifs is 1. The molecule has 0 saturated heterocycles. The maximum atomic E-state index is 9.76. The number of halogens is 1. The van der Waals surface area contributed by atoms with Crippen molar-refractivity contribution < 1.29 is 14.6 Å². The average Bonchev–Trinajstić information content (AvgIpc) is 2.65. The molecule has 0 aliphatic heterocycles. The van der Waals surface area contributed by atoms with Gasteiger partial charge >= 0.3 is 0 Å². The number of aryl methyl sites for hydroxylation is 1. The molecule has 0 fully saturated rings. The summed E-state index contributed by atoms with van der Waals surface area (Å²) in [6, 6.07) is 5.10. The van der Waals surface area contributed by atoms with Gasteiger partial charge in [-0.3, -0.25) is 0 Å². The van der Waals surface area contributed by atoms with Gasteiger partial charge in [-0.2, -0.15) is 0 Å². The molecule has 0 amide bonds. The first-order valence-corrected chi connectivity index (χ1v) is 5.44. The number of rotatable bonds is 3. The number of oxazole rings is 1. The van der Waals surface area contributed by atoms with Gasteiger partial charge in [-0.1, -0.05) is 6.07 Å². The van der Waals surface area contributed by atoms with E-state index < -0.39 is 12.2 Å². The number of aliphatic hydroxyl groups is 2. The van der Waals surface area contributed by atoms with Crippen LogP contribution in [0.15, 0.2) is 22.6 Å². The van der Waals surface area contributed by atoms with Gasteiger partial charge in [-0.25, -0.2) is 4.98 Å². The predicted octanol–water partition coefficient (Wildman–Crippen LogP) is 1.77. The van der Waals surface area contributed by atoms with E-state index in [1.54, 1.807) is 25.1 Å². The maximum Gasteiger partial charge on any atom is 0.192 e. The van der Waals surface area contributed by atoms with Gasteiger partial charge in [-0.15, -0.1) is 11.6 Å². The van der Waals surface area contributed by atoms with Crippen molar-refractivity contribution in [2.45, 2.75) is 19.1 Å². The molecule has 2 N–H and O–H groups in total. The van der Waals surface area contributed by atoms with Gasteiger partial charge in [-0.05, 0) is 17.7 Å². The Kier molecular flexibility index (Phi) is 3.14. The van der Waals surface area contributed by atoms with Crippen LogP contribution in [0, 0.1) is 6.92 Å². The highest BCUT2D eigenvalue weighted by Gasteiger charge is 2.18. The number of benzene rings is 1. The minimum absolute atomic E-state index is 0.0192. The molecule has 5 heteroatoms. The standard InChI is InChI=1S/C11H12ClNO3/c1-6-13-8-3-2-7(4-10(8)16-6)11(15)9(14)5-12/h2-4,9,11,14-15H,5H2,1H3. The molecule has 86 valence electrons. The second kappa shape index (κ2) is 4.41. The van der Waals surface area contributed by atoms with Crippen LogP contribution in [0.2, 0.25) is 0 Å². The summed E-state index contributed by atoms with van der Waals surface area (Å²) in [5.74, 6) is 0.550. The lowest BCUT2D eigenvalue weighted by Crippen LogP contribution is -2.19. The SMILES string of the molecule is Cc1nc2ccc(C(O)C(O)CCl)cc2o1. The first-order chi connectivity index (χ1) is 7.61. The van der Waals surface area contributed by atoms with Crippen LogP contribution in [-0.4, -0.2) is 27.2 Å². The highest BCUT2D eigenvalue weighted by molar-refractivity contribution is 6.18. The molecular weight excluding hydrogens is 230 g/mol. The summed E-state index contributed by atoms with van der Waals surface area (Å²) < 4.78 is 5.34. The Labute approximate surface area is 97.5 Å². The Morgan fingerprint density at radius 2 is 2.19 bits per heavy atom. The monoisotopic (exact) mass is 241 g/mol. The molecule has 1 aromatic heterocycles. The zero-order chi connectivity index (χ0) is 11.7. The maximum absolute atomic E-state index is 9.76. The van der Waals surface area contributed by atoms with E-state index in [2.05, 4.69) is 4.98 Å².